The number of allylic oxidation sites excluding steroid dienone is 2. The zero-order valence-electron chi connectivity index (χ0n) is 27.5. The Bertz CT molecular complexity index is 1880. The number of imide groups is 2. The fourth-order valence-electron chi connectivity index (χ4n) is 8.70. The number of hydrazine groups is 1. The largest absolute Gasteiger partial charge is 0.504 e. The van der Waals surface area contributed by atoms with E-state index in [1.807, 2.05) is 117 Å². The SMILES string of the molecule is COc1cc([C@H]2C3=CC[C@@H]4C(=O)N(C(C)(C)C)C(=O)[C@@H]4[C@@H]3C[C@H]3C(=O)N(Nc4ccc(C)cc4)C(=O)[C@@]23c2ccccc2)cc(I)c1O. The monoisotopic (exact) mass is 759 g/mol. The summed E-state index contributed by atoms with van der Waals surface area (Å²) in [5.41, 5.74) is 4.87. The fraction of sp³-hybridized carbons (Fsp3) is 0.368. The Morgan fingerprint density at radius 3 is 2.27 bits per heavy atom. The number of carbonyl (C=O) groups is 4. The van der Waals surface area contributed by atoms with Gasteiger partial charge in [0.2, 0.25) is 11.8 Å². The molecule has 0 bridgehead atoms. The maximum atomic E-state index is 15.2. The van der Waals surface area contributed by atoms with Crippen LogP contribution in [0.3, 0.4) is 0 Å². The van der Waals surface area contributed by atoms with E-state index in [-0.39, 0.29) is 35.6 Å². The van der Waals surface area contributed by atoms with Gasteiger partial charge in [-0.15, -0.1) is 0 Å². The van der Waals surface area contributed by atoms with Gasteiger partial charge in [-0.2, -0.15) is 5.01 Å². The van der Waals surface area contributed by atoms with Gasteiger partial charge in [0.15, 0.2) is 11.5 Å². The topological polar surface area (TPSA) is 116 Å². The number of carbonyl (C=O) groups excluding carboxylic acids is 4. The predicted octanol–water partition coefficient (Wildman–Crippen LogP) is 6.10. The number of fused-ring (bicyclic) bond motifs is 4. The van der Waals surface area contributed by atoms with E-state index in [0.29, 0.717) is 26.8 Å². The first-order chi connectivity index (χ1) is 22.8. The third-order valence-electron chi connectivity index (χ3n) is 10.7. The van der Waals surface area contributed by atoms with E-state index in [0.717, 1.165) is 16.1 Å². The molecule has 248 valence electrons. The number of ether oxygens (including phenoxy) is 1. The molecule has 10 heteroatoms. The smallest absolute Gasteiger partial charge is 0.260 e. The van der Waals surface area contributed by atoms with Crippen molar-refractivity contribution in [3.05, 3.63) is 98.6 Å². The summed E-state index contributed by atoms with van der Waals surface area (Å²) in [5.74, 6) is -4.23. The molecule has 0 spiro atoms. The van der Waals surface area contributed by atoms with E-state index in [1.165, 1.54) is 12.0 Å². The molecule has 2 aliphatic carbocycles. The van der Waals surface area contributed by atoms with Crippen LogP contribution in [0.15, 0.2) is 78.4 Å². The molecule has 2 saturated heterocycles. The molecular formula is C38H38IN3O6. The molecule has 9 nitrogen and oxygen atoms in total. The molecule has 6 atom stereocenters. The number of aryl methyl sites for hydroxylation is 1. The molecule has 7 rings (SSSR count). The third kappa shape index (κ3) is 4.62. The number of phenolic OH excluding ortho intramolecular Hbond substituents is 1. The molecule has 3 fully saturated rings. The van der Waals surface area contributed by atoms with Crippen LogP contribution in [0.25, 0.3) is 0 Å². The molecule has 2 N–H and O–H groups in total. The summed E-state index contributed by atoms with van der Waals surface area (Å²) in [6.07, 6.45) is 2.60. The lowest BCUT2D eigenvalue weighted by atomic mass is 9.49. The van der Waals surface area contributed by atoms with Gasteiger partial charge in [-0.1, -0.05) is 59.7 Å². The Balaban J connectivity index is 1.48. The van der Waals surface area contributed by atoms with Gasteiger partial charge in [0, 0.05) is 11.5 Å². The second kappa shape index (κ2) is 11.5. The first kappa shape index (κ1) is 32.4. The number of methoxy groups -OCH3 is 1. The standard InChI is InChI=1S/C38H38IN3O6/c1-20-11-13-23(14-12-20)40-42-34(45)27-19-26-24(15-16-25-30(26)35(46)41(33(25)44)37(2,3)4)31(21-17-28(39)32(43)29(18-21)48-5)38(27,36(42)47)22-9-7-6-8-10-22/h6-15,17-18,25-27,30-31,40,43H,16,19H2,1-5H3/t25-,26+,27-,30-,31-,38+/m0/s1. The van der Waals surface area contributed by atoms with Gasteiger partial charge in [-0.25, -0.2) is 0 Å². The van der Waals surface area contributed by atoms with Crippen molar-refractivity contribution in [2.75, 3.05) is 12.5 Å². The van der Waals surface area contributed by atoms with Crippen LogP contribution in [0.2, 0.25) is 0 Å². The zero-order chi connectivity index (χ0) is 34.3. The number of hydrogen-bond donors (Lipinski definition) is 2. The van der Waals surface area contributed by atoms with E-state index in [1.54, 1.807) is 6.07 Å². The highest BCUT2D eigenvalue weighted by Gasteiger charge is 2.70. The molecule has 0 unspecified atom stereocenters. The van der Waals surface area contributed by atoms with Gasteiger partial charge >= 0.3 is 0 Å². The summed E-state index contributed by atoms with van der Waals surface area (Å²) >= 11 is 2.05. The Kier molecular flexibility index (Phi) is 7.73. The Morgan fingerprint density at radius 2 is 1.62 bits per heavy atom. The number of anilines is 1. The van der Waals surface area contributed by atoms with Crippen molar-refractivity contribution in [1.82, 2.24) is 9.91 Å². The molecule has 2 aliphatic heterocycles. The summed E-state index contributed by atoms with van der Waals surface area (Å²) in [5, 5.41) is 12.0. The Labute approximate surface area is 293 Å². The maximum Gasteiger partial charge on any atom is 0.260 e. The minimum atomic E-state index is -1.40. The second-order valence-electron chi connectivity index (χ2n) is 14.3. The zero-order valence-corrected chi connectivity index (χ0v) is 29.6. The number of nitrogens with one attached hydrogen (secondary N) is 1. The number of aromatic hydroxyl groups is 1. The van der Waals surface area contributed by atoms with Crippen LogP contribution in [0.5, 0.6) is 11.5 Å². The minimum absolute atomic E-state index is 0.0221. The normalized spacial score (nSPS) is 28.2. The molecule has 0 radical (unpaired) electrons. The summed E-state index contributed by atoms with van der Waals surface area (Å²) in [7, 11) is 1.47. The van der Waals surface area contributed by atoms with E-state index >= 15 is 4.79 Å². The summed E-state index contributed by atoms with van der Waals surface area (Å²) in [4.78, 5) is 59.4. The average molecular weight is 760 g/mol. The average Bonchev–Trinajstić information content (AvgIpc) is 3.45. The van der Waals surface area contributed by atoms with Crippen molar-refractivity contribution in [2.45, 2.75) is 57.4 Å². The summed E-state index contributed by atoms with van der Waals surface area (Å²) in [6, 6.07) is 20.4. The van der Waals surface area contributed by atoms with Gasteiger partial charge in [0.25, 0.3) is 11.8 Å². The molecule has 3 aromatic rings. The molecule has 2 heterocycles. The van der Waals surface area contributed by atoms with Crippen molar-refractivity contribution in [3.8, 4) is 11.5 Å². The number of nitrogens with zero attached hydrogens (tertiary/aromatic N) is 2. The molecule has 4 aliphatic rings. The van der Waals surface area contributed by atoms with E-state index in [2.05, 4.69) is 5.43 Å². The number of rotatable bonds is 5. The van der Waals surface area contributed by atoms with E-state index in [4.69, 9.17) is 4.74 Å². The highest BCUT2D eigenvalue weighted by Crippen LogP contribution is 2.64. The highest BCUT2D eigenvalue weighted by molar-refractivity contribution is 14.1. The third-order valence-corrected chi connectivity index (χ3v) is 11.5. The quantitative estimate of drug-likeness (QED) is 0.184. The van der Waals surface area contributed by atoms with Gasteiger partial charge in [-0.3, -0.25) is 29.5 Å². The minimum Gasteiger partial charge on any atom is -0.504 e. The molecule has 0 aromatic heterocycles. The van der Waals surface area contributed by atoms with Crippen molar-refractivity contribution < 1.29 is 29.0 Å². The predicted molar refractivity (Wildman–Crippen MR) is 188 cm³/mol. The summed E-state index contributed by atoms with van der Waals surface area (Å²) < 4.78 is 6.12. The van der Waals surface area contributed by atoms with Crippen molar-refractivity contribution >= 4 is 51.9 Å². The van der Waals surface area contributed by atoms with Gasteiger partial charge in [0.05, 0.1) is 39.5 Å². The van der Waals surface area contributed by atoms with Crippen LogP contribution in [0, 0.1) is 34.2 Å². The molecule has 3 aromatic carbocycles. The lowest BCUT2D eigenvalue weighted by molar-refractivity contribution is -0.146. The number of halogens is 1. The van der Waals surface area contributed by atoms with Gasteiger partial charge in [0.1, 0.15) is 0 Å². The van der Waals surface area contributed by atoms with Gasteiger partial charge < -0.3 is 9.84 Å². The number of phenols is 1. The highest BCUT2D eigenvalue weighted by atomic mass is 127. The van der Waals surface area contributed by atoms with Crippen LogP contribution in [-0.4, -0.2) is 51.3 Å². The van der Waals surface area contributed by atoms with Crippen molar-refractivity contribution in [1.29, 1.82) is 0 Å². The molecular weight excluding hydrogens is 721 g/mol. The van der Waals surface area contributed by atoms with Crippen molar-refractivity contribution in [2.24, 2.45) is 23.7 Å². The fourth-order valence-corrected chi connectivity index (χ4v) is 9.32. The Hall–Kier alpha value is -4.19. The number of benzene rings is 3. The lowest BCUT2D eigenvalue weighted by Crippen LogP contribution is -2.53. The van der Waals surface area contributed by atoms with Crippen LogP contribution < -0.4 is 10.2 Å². The van der Waals surface area contributed by atoms with Crippen LogP contribution in [0.4, 0.5) is 5.69 Å². The van der Waals surface area contributed by atoms with Crippen LogP contribution in [-0.2, 0) is 24.6 Å². The van der Waals surface area contributed by atoms with Crippen molar-refractivity contribution in [3.63, 3.8) is 0 Å². The lowest BCUT2D eigenvalue weighted by Gasteiger charge is -2.50. The van der Waals surface area contributed by atoms with Crippen LogP contribution >= 0.6 is 22.6 Å². The number of amides is 4. The number of hydrogen-bond acceptors (Lipinski definition) is 7. The van der Waals surface area contributed by atoms with E-state index < -0.39 is 46.5 Å². The van der Waals surface area contributed by atoms with Gasteiger partial charge in [-0.05, 0) is 104 Å². The maximum absolute atomic E-state index is 15.2. The first-order valence-electron chi connectivity index (χ1n) is 16.2. The Morgan fingerprint density at radius 1 is 0.938 bits per heavy atom. The molecule has 48 heavy (non-hydrogen) atoms. The van der Waals surface area contributed by atoms with Crippen LogP contribution in [0.1, 0.15) is 56.2 Å². The van der Waals surface area contributed by atoms with E-state index in [9.17, 15) is 19.5 Å². The second-order valence-corrected chi connectivity index (χ2v) is 15.5. The molecule has 4 amide bonds. The number of likely N-dealkylation sites (tertiary alicyclic amines) is 1. The first-order valence-corrected chi connectivity index (χ1v) is 17.3. The summed E-state index contributed by atoms with van der Waals surface area (Å²) in [6.45, 7) is 7.54. The molecule has 1 saturated carbocycles.